The lowest BCUT2D eigenvalue weighted by molar-refractivity contribution is 0.0774. The summed E-state index contributed by atoms with van der Waals surface area (Å²) >= 11 is 0. The number of anilines is 1. The minimum absolute atomic E-state index is 0. The number of nitrogens with one attached hydrogen (secondary N) is 2. The molecule has 2 fully saturated rings. The van der Waals surface area contributed by atoms with Crippen LogP contribution in [0, 0.1) is 0 Å². The van der Waals surface area contributed by atoms with Crippen molar-refractivity contribution in [1.29, 1.82) is 0 Å². The Hall–Kier alpha value is -1.08. The summed E-state index contributed by atoms with van der Waals surface area (Å²) in [6.45, 7) is 10.0. The van der Waals surface area contributed by atoms with Crippen molar-refractivity contribution in [3.63, 3.8) is 0 Å². The average Bonchev–Trinajstić information content (AvgIpc) is 3.05. The molecule has 2 saturated heterocycles. The normalized spacial score (nSPS) is 20.8. The van der Waals surface area contributed by atoms with Crippen molar-refractivity contribution < 1.29 is 4.79 Å². The van der Waals surface area contributed by atoms with E-state index in [4.69, 9.17) is 0 Å². The maximum Gasteiger partial charge on any atom is 0.257 e. The van der Waals surface area contributed by atoms with E-state index >= 15 is 0 Å². The topological polar surface area (TPSA) is 60.5 Å². The molecule has 1 unspecified atom stereocenters. The molecule has 1 amide bonds. The van der Waals surface area contributed by atoms with Gasteiger partial charge >= 0.3 is 0 Å². The van der Waals surface area contributed by atoms with E-state index in [0.29, 0.717) is 17.4 Å². The lowest BCUT2D eigenvalue weighted by Crippen LogP contribution is -2.49. The zero-order chi connectivity index (χ0) is 16.2. The highest BCUT2D eigenvalue weighted by atomic mass is 35.5. The Morgan fingerprint density at radius 3 is 2.68 bits per heavy atom. The fraction of sp³-hybridized carbons (Fsp3) is 0.647. The lowest BCUT2D eigenvalue weighted by atomic mass is 10.2. The molecule has 2 N–H and O–H groups in total. The van der Waals surface area contributed by atoms with Gasteiger partial charge in [-0.05, 0) is 32.4 Å². The standard InChI is InChI=1S/C17H27N5O.2ClH/c1-13(2)20-16-15(4-3-6-19-16)17(23)22-9-5-14(12-22)21-10-7-18-8-11-21;;/h3-4,6,13-14,18H,5,7-12H2,1-2H3,(H,19,20);2*1H. The predicted octanol–water partition coefficient (Wildman–Crippen LogP) is 1.87. The summed E-state index contributed by atoms with van der Waals surface area (Å²) in [7, 11) is 0. The van der Waals surface area contributed by atoms with E-state index in [1.165, 1.54) is 0 Å². The van der Waals surface area contributed by atoms with Crippen LogP contribution in [0.25, 0.3) is 0 Å². The summed E-state index contributed by atoms with van der Waals surface area (Å²) in [5.74, 6) is 0.789. The van der Waals surface area contributed by atoms with Gasteiger partial charge in [-0.1, -0.05) is 0 Å². The third-order valence-electron chi connectivity index (χ3n) is 4.58. The average molecular weight is 390 g/mol. The van der Waals surface area contributed by atoms with E-state index in [1.807, 2.05) is 17.0 Å². The van der Waals surface area contributed by atoms with Crippen LogP contribution in [-0.4, -0.2) is 72.0 Å². The summed E-state index contributed by atoms with van der Waals surface area (Å²) in [4.78, 5) is 21.7. The molecule has 1 aromatic heterocycles. The van der Waals surface area contributed by atoms with Crippen molar-refractivity contribution in [2.75, 3.05) is 44.6 Å². The Balaban J connectivity index is 0.00000156. The highest BCUT2D eigenvalue weighted by molar-refractivity contribution is 5.98. The Bertz CT molecular complexity index is 552. The summed E-state index contributed by atoms with van der Waals surface area (Å²) in [6, 6.07) is 4.46. The first-order valence-corrected chi connectivity index (χ1v) is 8.60. The van der Waals surface area contributed by atoms with E-state index in [-0.39, 0.29) is 36.8 Å². The first-order valence-electron chi connectivity index (χ1n) is 8.60. The molecule has 142 valence electrons. The smallest absolute Gasteiger partial charge is 0.257 e. The van der Waals surface area contributed by atoms with Gasteiger partial charge in [0, 0.05) is 57.5 Å². The summed E-state index contributed by atoms with van der Waals surface area (Å²) in [5.41, 5.74) is 0.683. The number of likely N-dealkylation sites (tertiary alicyclic amines) is 1. The number of hydrogen-bond donors (Lipinski definition) is 2. The van der Waals surface area contributed by atoms with Crippen LogP contribution in [0.2, 0.25) is 0 Å². The van der Waals surface area contributed by atoms with E-state index in [0.717, 1.165) is 45.7 Å². The first kappa shape index (κ1) is 22.0. The number of carbonyl (C=O) groups is 1. The van der Waals surface area contributed by atoms with Crippen LogP contribution in [0.1, 0.15) is 30.6 Å². The van der Waals surface area contributed by atoms with E-state index in [2.05, 4.69) is 34.4 Å². The molecule has 3 heterocycles. The second kappa shape index (κ2) is 10.2. The van der Waals surface area contributed by atoms with Gasteiger partial charge in [0.05, 0.1) is 5.56 Å². The van der Waals surface area contributed by atoms with Crippen LogP contribution in [0.4, 0.5) is 5.82 Å². The fourth-order valence-electron chi connectivity index (χ4n) is 3.41. The van der Waals surface area contributed by atoms with Crippen LogP contribution in [0.15, 0.2) is 18.3 Å². The number of halogens is 2. The molecule has 8 heteroatoms. The molecule has 1 aromatic rings. The van der Waals surface area contributed by atoms with Gasteiger partial charge in [0.2, 0.25) is 0 Å². The van der Waals surface area contributed by atoms with Gasteiger partial charge in [0.25, 0.3) is 5.91 Å². The Morgan fingerprint density at radius 2 is 2.00 bits per heavy atom. The molecule has 0 aliphatic carbocycles. The van der Waals surface area contributed by atoms with Gasteiger partial charge in [-0.15, -0.1) is 24.8 Å². The SMILES string of the molecule is CC(C)Nc1ncccc1C(=O)N1CCC(N2CCNCC2)C1.Cl.Cl. The molecule has 6 nitrogen and oxygen atoms in total. The second-order valence-corrected chi connectivity index (χ2v) is 6.68. The van der Waals surface area contributed by atoms with Crippen LogP contribution < -0.4 is 10.6 Å². The Morgan fingerprint density at radius 1 is 1.28 bits per heavy atom. The zero-order valence-electron chi connectivity index (χ0n) is 14.9. The first-order chi connectivity index (χ1) is 11.1. The maximum absolute atomic E-state index is 12.9. The molecular weight excluding hydrogens is 361 g/mol. The van der Waals surface area contributed by atoms with Crippen molar-refractivity contribution in [2.24, 2.45) is 0 Å². The molecule has 0 radical (unpaired) electrons. The molecule has 1 atom stereocenters. The van der Waals surface area contributed by atoms with Gasteiger partial charge in [-0.3, -0.25) is 9.69 Å². The van der Waals surface area contributed by atoms with E-state index < -0.39 is 0 Å². The van der Waals surface area contributed by atoms with Crippen molar-refractivity contribution in [2.45, 2.75) is 32.4 Å². The molecule has 0 aromatic carbocycles. The van der Waals surface area contributed by atoms with Gasteiger partial charge in [-0.2, -0.15) is 0 Å². The van der Waals surface area contributed by atoms with Crippen LogP contribution in [-0.2, 0) is 0 Å². The number of hydrogen-bond acceptors (Lipinski definition) is 5. The third kappa shape index (κ3) is 5.45. The van der Waals surface area contributed by atoms with Crippen molar-refractivity contribution in [3.8, 4) is 0 Å². The zero-order valence-corrected chi connectivity index (χ0v) is 16.5. The largest absolute Gasteiger partial charge is 0.367 e. The van der Waals surface area contributed by atoms with E-state index in [1.54, 1.807) is 6.20 Å². The highest BCUT2D eigenvalue weighted by Gasteiger charge is 2.32. The van der Waals surface area contributed by atoms with Crippen LogP contribution >= 0.6 is 24.8 Å². The molecule has 2 aliphatic rings. The number of piperazine rings is 1. The third-order valence-corrected chi connectivity index (χ3v) is 4.58. The highest BCUT2D eigenvalue weighted by Crippen LogP contribution is 2.21. The molecule has 0 saturated carbocycles. The minimum Gasteiger partial charge on any atom is -0.367 e. The quantitative estimate of drug-likeness (QED) is 0.822. The second-order valence-electron chi connectivity index (χ2n) is 6.68. The monoisotopic (exact) mass is 389 g/mol. The lowest BCUT2D eigenvalue weighted by Gasteiger charge is -2.32. The fourth-order valence-corrected chi connectivity index (χ4v) is 3.41. The van der Waals surface area contributed by atoms with Gasteiger partial charge < -0.3 is 15.5 Å². The van der Waals surface area contributed by atoms with Gasteiger partial charge in [-0.25, -0.2) is 4.98 Å². The van der Waals surface area contributed by atoms with Crippen LogP contribution in [0.5, 0.6) is 0 Å². The molecule has 0 bridgehead atoms. The Kier molecular flexibility index (Phi) is 8.93. The number of aromatic nitrogens is 1. The number of pyridine rings is 1. The molecule has 0 spiro atoms. The number of amides is 1. The Labute approximate surface area is 162 Å². The minimum atomic E-state index is 0. The van der Waals surface area contributed by atoms with Crippen molar-refractivity contribution in [1.82, 2.24) is 20.1 Å². The van der Waals surface area contributed by atoms with Gasteiger partial charge in [0.15, 0.2) is 0 Å². The predicted molar refractivity (Wildman–Crippen MR) is 106 cm³/mol. The molecular formula is C17H29Cl2N5O. The summed E-state index contributed by atoms with van der Waals surface area (Å²) in [5, 5.41) is 6.66. The summed E-state index contributed by atoms with van der Waals surface area (Å²) in [6.07, 6.45) is 2.80. The van der Waals surface area contributed by atoms with Gasteiger partial charge in [0.1, 0.15) is 5.82 Å². The number of rotatable bonds is 4. The molecule has 3 rings (SSSR count). The molecule has 2 aliphatic heterocycles. The van der Waals surface area contributed by atoms with Crippen LogP contribution in [0.3, 0.4) is 0 Å². The summed E-state index contributed by atoms with van der Waals surface area (Å²) < 4.78 is 0. The number of nitrogens with zero attached hydrogens (tertiary/aromatic N) is 3. The molecule has 25 heavy (non-hydrogen) atoms. The van der Waals surface area contributed by atoms with Crippen molar-refractivity contribution in [3.05, 3.63) is 23.9 Å². The maximum atomic E-state index is 12.9. The van der Waals surface area contributed by atoms with Crippen molar-refractivity contribution >= 4 is 36.5 Å². The van der Waals surface area contributed by atoms with E-state index in [9.17, 15) is 4.79 Å². The number of carbonyl (C=O) groups excluding carboxylic acids is 1.